The molecule has 0 saturated carbocycles. The van der Waals surface area contributed by atoms with E-state index in [1.165, 1.54) is 0 Å². The van der Waals surface area contributed by atoms with Gasteiger partial charge in [0.2, 0.25) is 0 Å². The summed E-state index contributed by atoms with van der Waals surface area (Å²) in [4.78, 5) is 20.8. The first-order valence-corrected chi connectivity index (χ1v) is 12.4. The average Bonchev–Trinajstić information content (AvgIpc) is 3.16. The van der Waals surface area contributed by atoms with E-state index in [1.54, 1.807) is 63.6 Å². The lowest BCUT2D eigenvalue weighted by Crippen LogP contribution is -2.23. The van der Waals surface area contributed by atoms with Gasteiger partial charge in [-0.25, -0.2) is 9.97 Å². The summed E-state index contributed by atoms with van der Waals surface area (Å²) in [7, 11) is -3.34. The Kier molecular flexibility index (Phi) is 7.88. The number of imidazole rings is 1. The summed E-state index contributed by atoms with van der Waals surface area (Å²) in [6.07, 6.45) is 2.89. The largest absolute Gasteiger partial charge is 0.463 e. The van der Waals surface area contributed by atoms with Crippen LogP contribution in [0.2, 0.25) is 0 Å². The molecular formula is C22H29N4O5P. The van der Waals surface area contributed by atoms with Gasteiger partial charge >= 0.3 is 5.97 Å². The molecule has 0 bridgehead atoms. The zero-order valence-corrected chi connectivity index (χ0v) is 19.4. The topological polar surface area (TPSA) is 119 Å². The molecule has 0 saturated heterocycles. The van der Waals surface area contributed by atoms with Gasteiger partial charge in [-0.1, -0.05) is 25.1 Å². The Bertz CT molecular complexity index is 1090. The summed E-state index contributed by atoms with van der Waals surface area (Å²) < 4.78 is 32.2. The van der Waals surface area contributed by atoms with Crippen LogP contribution in [0.25, 0.3) is 11.2 Å². The molecule has 3 rings (SSSR count). The number of hydrogen-bond donors (Lipinski definition) is 1. The monoisotopic (exact) mass is 460 g/mol. The SMILES string of the molecule is CC(C)OC(=O)[C@H](C)C[P@](=O)(COCCn1cnc2c(N)ccnc21)Oc1ccccc1. The number of nitrogen functional groups attached to an aromatic ring is 1. The number of rotatable bonds is 11. The second-order valence-electron chi connectivity index (χ2n) is 7.84. The molecule has 32 heavy (non-hydrogen) atoms. The lowest BCUT2D eigenvalue weighted by Gasteiger charge is -2.23. The molecule has 172 valence electrons. The van der Waals surface area contributed by atoms with Crippen LogP contribution in [0.1, 0.15) is 20.8 Å². The number of benzene rings is 1. The maximum Gasteiger partial charge on any atom is 0.309 e. The van der Waals surface area contributed by atoms with Gasteiger partial charge in [-0.05, 0) is 32.0 Å². The smallest absolute Gasteiger partial charge is 0.309 e. The maximum atomic E-state index is 13.6. The van der Waals surface area contributed by atoms with Gasteiger partial charge in [-0.2, -0.15) is 0 Å². The third-order valence-corrected chi connectivity index (χ3v) is 6.84. The number of nitrogens with two attached hydrogens (primary N) is 1. The number of hydrogen-bond acceptors (Lipinski definition) is 8. The Morgan fingerprint density at radius 2 is 1.91 bits per heavy atom. The van der Waals surface area contributed by atoms with Gasteiger partial charge in [0.1, 0.15) is 17.6 Å². The number of esters is 1. The molecule has 0 spiro atoms. The molecule has 0 amide bonds. The van der Waals surface area contributed by atoms with E-state index in [4.69, 9.17) is 19.7 Å². The van der Waals surface area contributed by atoms with Gasteiger partial charge in [0.05, 0.1) is 36.8 Å². The molecule has 0 aliphatic heterocycles. The molecule has 1 aromatic carbocycles. The van der Waals surface area contributed by atoms with Gasteiger partial charge in [-0.15, -0.1) is 0 Å². The fourth-order valence-electron chi connectivity index (χ4n) is 3.14. The minimum Gasteiger partial charge on any atom is -0.463 e. The van der Waals surface area contributed by atoms with Gasteiger partial charge in [0, 0.05) is 12.7 Å². The normalized spacial score (nSPS) is 14.2. The fourth-order valence-corrected chi connectivity index (χ4v) is 5.27. The number of ether oxygens (including phenoxy) is 2. The van der Waals surface area contributed by atoms with Crippen LogP contribution >= 0.6 is 7.37 Å². The number of aromatic nitrogens is 3. The summed E-state index contributed by atoms with van der Waals surface area (Å²) in [5.41, 5.74) is 7.75. The summed E-state index contributed by atoms with van der Waals surface area (Å²) in [5.74, 6) is -0.546. The molecule has 2 atom stereocenters. The number of para-hydroxylation sites is 1. The molecule has 2 aromatic heterocycles. The minimum atomic E-state index is -3.34. The summed E-state index contributed by atoms with van der Waals surface area (Å²) in [5, 5.41) is 0. The second kappa shape index (κ2) is 10.6. The summed E-state index contributed by atoms with van der Waals surface area (Å²) in [6, 6.07) is 10.6. The number of carbonyl (C=O) groups is 1. The quantitative estimate of drug-likeness (QED) is 0.260. The first kappa shape index (κ1) is 23.8. The van der Waals surface area contributed by atoms with Gasteiger partial charge < -0.3 is 24.3 Å². The van der Waals surface area contributed by atoms with Crippen molar-refractivity contribution < 1.29 is 23.4 Å². The van der Waals surface area contributed by atoms with Crippen molar-refractivity contribution in [2.24, 2.45) is 5.92 Å². The lowest BCUT2D eigenvalue weighted by molar-refractivity contribution is -0.151. The molecule has 0 unspecified atom stereocenters. The van der Waals surface area contributed by atoms with Gasteiger partial charge in [0.25, 0.3) is 7.37 Å². The highest BCUT2D eigenvalue weighted by atomic mass is 31.2. The van der Waals surface area contributed by atoms with E-state index in [0.717, 1.165) is 0 Å². The molecule has 0 fully saturated rings. The fraction of sp³-hybridized carbons (Fsp3) is 0.409. The van der Waals surface area contributed by atoms with E-state index in [9.17, 15) is 9.36 Å². The zero-order chi connectivity index (χ0) is 23.1. The summed E-state index contributed by atoms with van der Waals surface area (Å²) >= 11 is 0. The van der Waals surface area contributed by atoms with Crippen molar-refractivity contribution >= 4 is 30.2 Å². The molecule has 2 heterocycles. The number of pyridine rings is 1. The van der Waals surface area contributed by atoms with Crippen LogP contribution in [-0.2, 0) is 25.4 Å². The Morgan fingerprint density at radius 3 is 2.62 bits per heavy atom. The van der Waals surface area contributed by atoms with Crippen LogP contribution in [-0.4, -0.2) is 45.7 Å². The van der Waals surface area contributed by atoms with E-state index in [-0.39, 0.29) is 25.2 Å². The van der Waals surface area contributed by atoms with E-state index in [1.807, 2.05) is 10.6 Å². The second-order valence-corrected chi connectivity index (χ2v) is 10.3. The molecule has 2 N–H and O–H groups in total. The van der Waals surface area contributed by atoms with Crippen molar-refractivity contribution in [2.45, 2.75) is 33.4 Å². The van der Waals surface area contributed by atoms with Gasteiger partial charge in [-0.3, -0.25) is 9.36 Å². The lowest BCUT2D eigenvalue weighted by atomic mass is 10.2. The van der Waals surface area contributed by atoms with Crippen LogP contribution in [0.3, 0.4) is 0 Å². The number of carbonyl (C=O) groups excluding carboxylic acids is 1. The third kappa shape index (κ3) is 6.31. The first-order chi connectivity index (χ1) is 15.3. The van der Waals surface area contributed by atoms with Crippen molar-refractivity contribution in [1.29, 1.82) is 0 Å². The standard InChI is InChI=1S/C22H29N4O5P/c1-16(2)30-22(27)17(3)13-32(28,31-18-7-5-4-6-8-18)15-29-12-11-26-14-25-20-19(23)9-10-24-21(20)26/h4-10,14,16-17H,11-13,15H2,1-3H3,(H2,23,24)/t17-,32-/m1/s1. The van der Waals surface area contributed by atoms with Crippen molar-refractivity contribution in [1.82, 2.24) is 14.5 Å². The third-order valence-electron chi connectivity index (χ3n) is 4.62. The molecule has 0 radical (unpaired) electrons. The predicted molar refractivity (Wildman–Crippen MR) is 123 cm³/mol. The van der Waals surface area contributed by atoms with E-state index < -0.39 is 19.3 Å². The molecule has 10 heteroatoms. The first-order valence-electron chi connectivity index (χ1n) is 10.4. The Balaban J connectivity index is 1.64. The zero-order valence-electron chi connectivity index (χ0n) is 18.5. The van der Waals surface area contributed by atoms with Crippen LogP contribution in [0.4, 0.5) is 5.69 Å². The number of nitrogens with zero attached hydrogens (tertiary/aromatic N) is 3. The molecule has 0 aliphatic carbocycles. The van der Waals surface area contributed by atoms with Gasteiger partial charge in [0.15, 0.2) is 5.65 Å². The van der Waals surface area contributed by atoms with E-state index >= 15 is 0 Å². The average molecular weight is 460 g/mol. The van der Waals surface area contributed by atoms with Crippen molar-refractivity contribution in [3.05, 3.63) is 48.9 Å². The number of anilines is 1. The molecule has 0 aliphatic rings. The van der Waals surface area contributed by atoms with Crippen molar-refractivity contribution in [3.8, 4) is 5.75 Å². The van der Waals surface area contributed by atoms with Crippen LogP contribution in [0, 0.1) is 5.92 Å². The molecule has 3 aromatic rings. The van der Waals surface area contributed by atoms with Crippen LogP contribution < -0.4 is 10.3 Å². The Labute approximate surface area is 187 Å². The Hall–Kier alpha value is -2.90. The van der Waals surface area contributed by atoms with Crippen molar-refractivity contribution in [3.63, 3.8) is 0 Å². The maximum absolute atomic E-state index is 13.6. The van der Waals surface area contributed by atoms with Crippen molar-refractivity contribution in [2.75, 3.05) is 24.9 Å². The highest BCUT2D eigenvalue weighted by Gasteiger charge is 2.32. The van der Waals surface area contributed by atoms with E-state index in [2.05, 4.69) is 9.97 Å². The van der Waals surface area contributed by atoms with Crippen LogP contribution in [0.15, 0.2) is 48.9 Å². The minimum absolute atomic E-state index is 0.0134. The highest BCUT2D eigenvalue weighted by molar-refractivity contribution is 7.59. The van der Waals surface area contributed by atoms with E-state index in [0.29, 0.717) is 29.1 Å². The van der Waals surface area contributed by atoms with Crippen LogP contribution in [0.5, 0.6) is 5.75 Å². The number of fused-ring (bicyclic) bond motifs is 1. The molecule has 9 nitrogen and oxygen atoms in total. The molecular weight excluding hydrogens is 431 g/mol. The highest BCUT2D eigenvalue weighted by Crippen LogP contribution is 2.48. The summed E-state index contributed by atoms with van der Waals surface area (Å²) in [6.45, 7) is 5.93. The Morgan fingerprint density at radius 1 is 1.16 bits per heavy atom. The predicted octanol–water partition coefficient (Wildman–Crippen LogP) is 3.93.